The van der Waals surface area contributed by atoms with Gasteiger partial charge in [0.1, 0.15) is 0 Å². The lowest BCUT2D eigenvalue weighted by atomic mass is 9.97. The maximum absolute atomic E-state index is 12.1. The number of aryl methyl sites for hydroxylation is 1. The minimum Gasteiger partial charge on any atom is -0.352 e. The standard InChI is InChI=1S/C21H30N2O2/c1-17-7-6-10-20(15-17)16-22-21(25)12-14-23(18(2)24)13-11-19-8-4-3-5-9-19/h6-8,10,15H,3-5,9,11-14,16H2,1-2H3,(H,22,25). The lowest BCUT2D eigenvalue weighted by Gasteiger charge is -2.22. The van der Waals surface area contributed by atoms with Crippen LogP contribution in [0.1, 0.15) is 56.6 Å². The number of rotatable bonds is 8. The molecule has 0 aliphatic heterocycles. The van der Waals surface area contributed by atoms with E-state index >= 15 is 0 Å². The highest BCUT2D eigenvalue weighted by Gasteiger charge is 2.12. The first-order chi connectivity index (χ1) is 12.0. The summed E-state index contributed by atoms with van der Waals surface area (Å²) < 4.78 is 0. The van der Waals surface area contributed by atoms with Crippen LogP contribution < -0.4 is 5.32 Å². The van der Waals surface area contributed by atoms with Crippen molar-refractivity contribution in [3.05, 3.63) is 47.0 Å². The monoisotopic (exact) mass is 342 g/mol. The topological polar surface area (TPSA) is 49.4 Å². The van der Waals surface area contributed by atoms with Gasteiger partial charge in [0.25, 0.3) is 0 Å². The van der Waals surface area contributed by atoms with Crippen LogP contribution in [-0.2, 0) is 16.1 Å². The van der Waals surface area contributed by atoms with Crippen molar-refractivity contribution >= 4 is 11.8 Å². The Morgan fingerprint density at radius 2 is 2.04 bits per heavy atom. The molecule has 0 bridgehead atoms. The minimum atomic E-state index is -0.00959. The van der Waals surface area contributed by atoms with Crippen molar-refractivity contribution in [1.29, 1.82) is 0 Å². The Hall–Kier alpha value is -2.10. The molecule has 1 aromatic rings. The van der Waals surface area contributed by atoms with Crippen LogP contribution in [0, 0.1) is 6.92 Å². The van der Waals surface area contributed by atoms with E-state index in [0.29, 0.717) is 26.1 Å². The molecule has 0 heterocycles. The fraction of sp³-hybridized carbons (Fsp3) is 0.524. The van der Waals surface area contributed by atoms with Crippen molar-refractivity contribution in [2.24, 2.45) is 0 Å². The van der Waals surface area contributed by atoms with Gasteiger partial charge in [0.15, 0.2) is 0 Å². The molecule has 0 saturated heterocycles. The van der Waals surface area contributed by atoms with Gasteiger partial charge in [0.05, 0.1) is 0 Å². The third kappa shape index (κ3) is 7.12. The van der Waals surface area contributed by atoms with Crippen LogP contribution in [0.15, 0.2) is 35.9 Å². The molecule has 25 heavy (non-hydrogen) atoms. The number of benzene rings is 1. The molecule has 4 heteroatoms. The van der Waals surface area contributed by atoms with Crippen molar-refractivity contribution in [2.75, 3.05) is 13.1 Å². The van der Waals surface area contributed by atoms with Crippen molar-refractivity contribution in [3.8, 4) is 0 Å². The Morgan fingerprint density at radius 3 is 2.72 bits per heavy atom. The Balaban J connectivity index is 1.72. The summed E-state index contributed by atoms with van der Waals surface area (Å²) in [6.45, 7) is 5.36. The Morgan fingerprint density at radius 1 is 1.20 bits per heavy atom. The lowest BCUT2D eigenvalue weighted by molar-refractivity contribution is -0.129. The third-order valence-corrected chi connectivity index (χ3v) is 4.71. The quantitative estimate of drug-likeness (QED) is 0.732. The summed E-state index contributed by atoms with van der Waals surface area (Å²) in [5.41, 5.74) is 3.74. The number of nitrogens with one attached hydrogen (secondary N) is 1. The summed E-state index contributed by atoms with van der Waals surface area (Å²) in [5, 5.41) is 2.94. The minimum absolute atomic E-state index is 0.00959. The van der Waals surface area contributed by atoms with Crippen molar-refractivity contribution < 1.29 is 9.59 Å². The molecule has 0 spiro atoms. The largest absolute Gasteiger partial charge is 0.352 e. The van der Waals surface area contributed by atoms with Crippen LogP contribution in [0.2, 0.25) is 0 Å². The Kier molecular flexibility index (Phi) is 7.71. The second-order valence-electron chi connectivity index (χ2n) is 6.88. The fourth-order valence-electron chi connectivity index (χ4n) is 3.18. The average Bonchev–Trinajstić information content (AvgIpc) is 2.60. The van der Waals surface area contributed by atoms with E-state index in [9.17, 15) is 9.59 Å². The van der Waals surface area contributed by atoms with Gasteiger partial charge in [-0.15, -0.1) is 0 Å². The Labute approximate surface area is 151 Å². The van der Waals surface area contributed by atoms with E-state index in [1.165, 1.54) is 24.0 Å². The first kappa shape index (κ1) is 19.2. The van der Waals surface area contributed by atoms with Gasteiger partial charge < -0.3 is 10.2 Å². The summed E-state index contributed by atoms with van der Waals surface area (Å²) >= 11 is 0. The van der Waals surface area contributed by atoms with Gasteiger partial charge in [0, 0.05) is 33.0 Å². The molecule has 1 aliphatic rings. The third-order valence-electron chi connectivity index (χ3n) is 4.71. The smallest absolute Gasteiger partial charge is 0.222 e. The van der Waals surface area contributed by atoms with E-state index in [0.717, 1.165) is 24.8 Å². The van der Waals surface area contributed by atoms with Crippen molar-refractivity contribution in [3.63, 3.8) is 0 Å². The van der Waals surface area contributed by atoms with Crippen LogP contribution >= 0.6 is 0 Å². The SMILES string of the molecule is CC(=O)N(CCC(=O)NCc1cccc(C)c1)CCC1=CCCCC1. The van der Waals surface area contributed by atoms with Gasteiger partial charge in [-0.25, -0.2) is 0 Å². The van der Waals surface area contributed by atoms with Crippen LogP contribution in [0.5, 0.6) is 0 Å². The molecule has 1 N–H and O–H groups in total. The molecule has 0 atom stereocenters. The highest BCUT2D eigenvalue weighted by molar-refractivity contribution is 5.78. The van der Waals surface area contributed by atoms with Gasteiger partial charge in [0.2, 0.25) is 11.8 Å². The second-order valence-corrected chi connectivity index (χ2v) is 6.88. The highest BCUT2D eigenvalue weighted by Crippen LogP contribution is 2.20. The van der Waals surface area contributed by atoms with E-state index in [-0.39, 0.29) is 11.8 Å². The van der Waals surface area contributed by atoms with E-state index in [2.05, 4.69) is 17.5 Å². The second kappa shape index (κ2) is 10.0. The molecule has 0 radical (unpaired) electrons. The van der Waals surface area contributed by atoms with Crippen molar-refractivity contribution in [1.82, 2.24) is 10.2 Å². The molecule has 0 aromatic heterocycles. The molecular weight excluding hydrogens is 312 g/mol. The molecule has 1 aliphatic carbocycles. The molecule has 136 valence electrons. The molecule has 2 rings (SSSR count). The summed E-state index contributed by atoms with van der Waals surface area (Å²) in [4.78, 5) is 25.7. The van der Waals surface area contributed by atoms with E-state index in [4.69, 9.17) is 0 Å². The van der Waals surface area contributed by atoms with Crippen molar-refractivity contribution in [2.45, 2.75) is 58.9 Å². The predicted molar refractivity (Wildman–Crippen MR) is 101 cm³/mol. The molecule has 1 aromatic carbocycles. The number of nitrogens with zero attached hydrogens (tertiary/aromatic N) is 1. The zero-order chi connectivity index (χ0) is 18.1. The Bertz CT molecular complexity index is 622. The average molecular weight is 342 g/mol. The molecule has 0 unspecified atom stereocenters. The highest BCUT2D eigenvalue weighted by atomic mass is 16.2. The van der Waals surface area contributed by atoms with Gasteiger partial charge in [-0.05, 0) is 44.6 Å². The van der Waals surface area contributed by atoms with Gasteiger partial charge in [-0.3, -0.25) is 9.59 Å². The number of hydrogen-bond donors (Lipinski definition) is 1. The van der Waals surface area contributed by atoms with E-state index < -0.39 is 0 Å². The summed E-state index contributed by atoms with van der Waals surface area (Å²) in [7, 11) is 0. The van der Waals surface area contributed by atoms with Gasteiger partial charge >= 0.3 is 0 Å². The van der Waals surface area contributed by atoms with Crippen LogP contribution in [0.25, 0.3) is 0 Å². The van der Waals surface area contributed by atoms with E-state index in [1.54, 1.807) is 11.8 Å². The number of carbonyl (C=O) groups excluding carboxylic acids is 2. The summed E-state index contributed by atoms with van der Waals surface area (Å²) in [5.74, 6) is 0.0348. The first-order valence-corrected chi connectivity index (χ1v) is 9.30. The maximum atomic E-state index is 12.1. The maximum Gasteiger partial charge on any atom is 0.222 e. The van der Waals surface area contributed by atoms with Crippen LogP contribution in [0.3, 0.4) is 0 Å². The number of carbonyl (C=O) groups is 2. The normalized spacial score (nSPS) is 13.9. The number of amides is 2. The van der Waals surface area contributed by atoms with E-state index in [1.807, 2.05) is 25.1 Å². The molecule has 4 nitrogen and oxygen atoms in total. The molecular formula is C21H30N2O2. The zero-order valence-corrected chi connectivity index (χ0v) is 15.5. The molecule has 0 saturated carbocycles. The molecule has 0 fully saturated rings. The fourth-order valence-corrected chi connectivity index (χ4v) is 3.18. The van der Waals surface area contributed by atoms with Crippen LogP contribution in [-0.4, -0.2) is 29.8 Å². The first-order valence-electron chi connectivity index (χ1n) is 9.30. The predicted octanol–water partition coefficient (Wildman–Crippen LogP) is 3.74. The summed E-state index contributed by atoms with van der Waals surface area (Å²) in [6, 6.07) is 8.11. The van der Waals surface area contributed by atoms with Crippen LogP contribution in [0.4, 0.5) is 0 Å². The number of hydrogen-bond acceptors (Lipinski definition) is 2. The zero-order valence-electron chi connectivity index (χ0n) is 15.5. The van der Waals surface area contributed by atoms with Gasteiger partial charge in [-0.1, -0.05) is 41.5 Å². The molecule has 2 amide bonds. The lowest BCUT2D eigenvalue weighted by Crippen LogP contribution is -2.34. The van der Waals surface area contributed by atoms with Gasteiger partial charge in [-0.2, -0.15) is 0 Å². The number of allylic oxidation sites excluding steroid dienone is 1. The summed E-state index contributed by atoms with van der Waals surface area (Å²) in [6.07, 6.45) is 8.46.